The minimum absolute atomic E-state index is 0.154. The van der Waals surface area contributed by atoms with E-state index in [1.54, 1.807) is 17.0 Å². The van der Waals surface area contributed by atoms with Gasteiger partial charge in [0, 0.05) is 37.6 Å². The molecule has 0 unspecified atom stereocenters. The molecule has 0 aromatic heterocycles. The van der Waals surface area contributed by atoms with Gasteiger partial charge in [0.2, 0.25) is 0 Å². The summed E-state index contributed by atoms with van der Waals surface area (Å²) in [6.07, 6.45) is 0. The van der Waals surface area contributed by atoms with E-state index in [2.05, 4.69) is 22.3 Å². The summed E-state index contributed by atoms with van der Waals surface area (Å²) in [7, 11) is 0. The molecule has 2 amide bonds. The van der Waals surface area contributed by atoms with Gasteiger partial charge in [0.05, 0.1) is 5.56 Å². The third kappa shape index (κ3) is 3.65. The number of carbonyl (C=O) groups is 2. The number of carboxylic acid groups (broad SMARTS) is 1. The molecule has 0 radical (unpaired) electrons. The molecule has 24 heavy (non-hydrogen) atoms. The third-order valence-corrected chi connectivity index (χ3v) is 4.05. The number of amides is 2. The number of nitrogens with one attached hydrogen (secondary N) is 1. The molecule has 1 fully saturated rings. The van der Waals surface area contributed by atoms with Gasteiger partial charge in [-0.05, 0) is 30.3 Å². The number of hydrogen-bond donors (Lipinski definition) is 2. The first-order valence-electron chi connectivity index (χ1n) is 7.83. The molecule has 124 valence electrons. The van der Waals surface area contributed by atoms with Crippen LogP contribution in [-0.4, -0.2) is 48.2 Å². The number of anilines is 2. The molecule has 0 saturated carbocycles. The van der Waals surface area contributed by atoms with Crippen LogP contribution in [0.4, 0.5) is 16.2 Å². The molecule has 2 N–H and O–H groups in total. The lowest BCUT2D eigenvalue weighted by atomic mass is 10.2. The molecule has 1 heterocycles. The quantitative estimate of drug-likeness (QED) is 0.910. The topological polar surface area (TPSA) is 72.9 Å². The predicted molar refractivity (Wildman–Crippen MR) is 92.6 cm³/mol. The fraction of sp³-hybridized carbons (Fsp3) is 0.222. The minimum Gasteiger partial charge on any atom is -0.478 e. The van der Waals surface area contributed by atoms with Gasteiger partial charge in [-0.15, -0.1) is 0 Å². The van der Waals surface area contributed by atoms with Gasteiger partial charge < -0.3 is 20.2 Å². The molecule has 6 heteroatoms. The zero-order valence-corrected chi connectivity index (χ0v) is 13.2. The van der Waals surface area contributed by atoms with E-state index < -0.39 is 5.97 Å². The number of carboxylic acids is 1. The maximum Gasteiger partial charge on any atom is 0.335 e. The normalized spacial score (nSPS) is 14.3. The molecule has 0 spiro atoms. The molecular formula is C18H19N3O3. The molecule has 0 bridgehead atoms. The van der Waals surface area contributed by atoms with E-state index in [1.165, 1.54) is 12.1 Å². The van der Waals surface area contributed by atoms with Crippen LogP contribution in [0.3, 0.4) is 0 Å². The highest BCUT2D eigenvalue weighted by Crippen LogP contribution is 2.17. The van der Waals surface area contributed by atoms with Gasteiger partial charge in [-0.25, -0.2) is 9.59 Å². The Morgan fingerprint density at radius 3 is 2.29 bits per heavy atom. The second-order valence-electron chi connectivity index (χ2n) is 5.63. The number of nitrogens with zero attached hydrogens (tertiary/aromatic N) is 2. The van der Waals surface area contributed by atoms with Crippen LogP contribution in [0.2, 0.25) is 0 Å². The zero-order chi connectivity index (χ0) is 16.9. The van der Waals surface area contributed by atoms with Crippen LogP contribution >= 0.6 is 0 Å². The van der Waals surface area contributed by atoms with Crippen molar-refractivity contribution in [2.45, 2.75) is 0 Å². The van der Waals surface area contributed by atoms with Crippen molar-refractivity contribution >= 4 is 23.4 Å². The first kappa shape index (κ1) is 15.9. The highest BCUT2D eigenvalue weighted by Gasteiger charge is 2.21. The summed E-state index contributed by atoms with van der Waals surface area (Å²) in [6.45, 7) is 2.79. The number of carbonyl (C=O) groups excluding carboxylic acids is 1. The van der Waals surface area contributed by atoms with Crippen molar-refractivity contribution in [3.05, 3.63) is 60.2 Å². The van der Waals surface area contributed by atoms with Crippen molar-refractivity contribution in [2.75, 3.05) is 36.4 Å². The number of hydrogen-bond acceptors (Lipinski definition) is 3. The Labute approximate surface area is 140 Å². The molecule has 1 aliphatic heterocycles. The van der Waals surface area contributed by atoms with Crippen LogP contribution in [0.15, 0.2) is 54.6 Å². The summed E-state index contributed by atoms with van der Waals surface area (Å²) in [6, 6.07) is 16.2. The van der Waals surface area contributed by atoms with Gasteiger partial charge in [0.15, 0.2) is 0 Å². The number of para-hydroxylation sites is 1. The van der Waals surface area contributed by atoms with Crippen LogP contribution in [0.1, 0.15) is 10.4 Å². The number of piperazine rings is 1. The van der Waals surface area contributed by atoms with Gasteiger partial charge >= 0.3 is 12.0 Å². The highest BCUT2D eigenvalue weighted by molar-refractivity contribution is 5.93. The molecule has 1 aliphatic rings. The largest absolute Gasteiger partial charge is 0.478 e. The lowest BCUT2D eigenvalue weighted by molar-refractivity contribution is 0.0697. The van der Waals surface area contributed by atoms with Crippen molar-refractivity contribution in [3.8, 4) is 0 Å². The van der Waals surface area contributed by atoms with Crippen LogP contribution in [-0.2, 0) is 0 Å². The molecule has 0 atom stereocenters. The lowest BCUT2D eigenvalue weighted by Crippen LogP contribution is -2.50. The van der Waals surface area contributed by atoms with E-state index >= 15 is 0 Å². The summed E-state index contributed by atoms with van der Waals surface area (Å²) in [4.78, 5) is 27.3. The van der Waals surface area contributed by atoms with Crippen LogP contribution in [0.5, 0.6) is 0 Å². The van der Waals surface area contributed by atoms with Gasteiger partial charge in [-0.1, -0.05) is 24.3 Å². The molecule has 3 rings (SSSR count). The van der Waals surface area contributed by atoms with Crippen molar-refractivity contribution in [2.24, 2.45) is 0 Å². The molecule has 6 nitrogen and oxygen atoms in total. The van der Waals surface area contributed by atoms with Gasteiger partial charge in [0.1, 0.15) is 0 Å². The van der Waals surface area contributed by atoms with Crippen molar-refractivity contribution < 1.29 is 14.7 Å². The Bertz CT molecular complexity index is 725. The standard InChI is InChI=1S/C18H19N3O3/c22-17(23)14-5-4-6-15(13-14)19-18(24)21-11-9-20(10-12-21)16-7-2-1-3-8-16/h1-8,13H,9-12H2,(H,19,24)(H,22,23). The number of urea groups is 1. The summed E-state index contributed by atoms with van der Waals surface area (Å²) in [5.74, 6) is -1.01. The zero-order valence-electron chi connectivity index (χ0n) is 13.2. The summed E-state index contributed by atoms with van der Waals surface area (Å²) in [5.41, 5.74) is 1.80. The molecule has 1 saturated heterocycles. The maximum atomic E-state index is 12.3. The molecule has 2 aromatic carbocycles. The Balaban J connectivity index is 1.57. The van der Waals surface area contributed by atoms with E-state index in [4.69, 9.17) is 5.11 Å². The smallest absolute Gasteiger partial charge is 0.335 e. The fourth-order valence-electron chi connectivity index (χ4n) is 2.74. The minimum atomic E-state index is -1.01. The number of rotatable bonds is 3. The SMILES string of the molecule is O=C(O)c1cccc(NC(=O)N2CCN(c3ccccc3)CC2)c1. The Hall–Kier alpha value is -3.02. The summed E-state index contributed by atoms with van der Waals surface area (Å²) >= 11 is 0. The summed E-state index contributed by atoms with van der Waals surface area (Å²) in [5, 5.41) is 11.8. The van der Waals surface area contributed by atoms with Gasteiger partial charge in [-0.3, -0.25) is 0 Å². The van der Waals surface area contributed by atoms with E-state index in [-0.39, 0.29) is 11.6 Å². The van der Waals surface area contributed by atoms with Crippen LogP contribution < -0.4 is 10.2 Å². The van der Waals surface area contributed by atoms with Gasteiger partial charge in [-0.2, -0.15) is 0 Å². The first-order valence-corrected chi connectivity index (χ1v) is 7.83. The summed E-state index contributed by atoms with van der Waals surface area (Å²) < 4.78 is 0. The molecule has 2 aromatic rings. The average Bonchev–Trinajstić information content (AvgIpc) is 2.63. The monoisotopic (exact) mass is 325 g/mol. The van der Waals surface area contributed by atoms with E-state index in [9.17, 15) is 9.59 Å². The van der Waals surface area contributed by atoms with Gasteiger partial charge in [0.25, 0.3) is 0 Å². The first-order chi connectivity index (χ1) is 11.6. The van der Waals surface area contributed by atoms with Crippen LogP contribution in [0, 0.1) is 0 Å². The van der Waals surface area contributed by atoms with Crippen molar-refractivity contribution in [1.82, 2.24) is 4.90 Å². The van der Waals surface area contributed by atoms with E-state index in [0.29, 0.717) is 18.8 Å². The van der Waals surface area contributed by atoms with Crippen molar-refractivity contribution in [1.29, 1.82) is 0 Å². The third-order valence-electron chi connectivity index (χ3n) is 4.05. The maximum absolute atomic E-state index is 12.3. The second-order valence-corrected chi connectivity index (χ2v) is 5.63. The second kappa shape index (κ2) is 7.04. The number of aromatic carboxylic acids is 1. The number of benzene rings is 2. The lowest BCUT2D eigenvalue weighted by Gasteiger charge is -2.36. The Kier molecular flexibility index (Phi) is 4.65. The van der Waals surface area contributed by atoms with E-state index in [0.717, 1.165) is 18.8 Å². The molecule has 0 aliphatic carbocycles. The Morgan fingerprint density at radius 1 is 0.917 bits per heavy atom. The van der Waals surface area contributed by atoms with Crippen molar-refractivity contribution in [3.63, 3.8) is 0 Å². The molecular weight excluding hydrogens is 306 g/mol. The predicted octanol–water partition coefficient (Wildman–Crippen LogP) is 2.74. The highest BCUT2D eigenvalue weighted by atomic mass is 16.4. The van der Waals surface area contributed by atoms with E-state index in [1.807, 2.05) is 18.2 Å². The van der Waals surface area contributed by atoms with Crippen LogP contribution in [0.25, 0.3) is 0 Å². The Morgan fingerprint density at radius 2 is 1.62 bits per heavy atom. The fourth-order valence-corrected chi connectivity index (χ4v) is 2.74. The average molecular weight is 325 g/mol.